The molecular formula is C12H13NO3. The fourth-order valence-corrected chi connectivity index (χ4v) is 1.05. The maximum Gasteiger partial charge on any atom is 0.335 e. The fraction of sp³-hybridized carbons (Fsp3) is 0.167. The van der Waals surface area contributed by atoms with E-state index in [1.54, 1.807) is 32.3 Å². The third-order valence-electron chi connectivity index (χ3n) is 2.02. The van der Waals surface area contributed by atoms with Gasteiger partial charge in [-0.15, -0.1) is 0 Å². The molecule has 1 rings (SSSR count). The number of carboxylic acid groups (broad SMARTS) is 1. The second-order valence-electron chi connectivity index (χ2n) is 3.49. The molecule has 1 N–H and O–H groups in total. The number of likely N-dealkylation sites (N-methyl/N-ethyl adjacent to an activating group) is 1. The number of hydrogen-bond acceptors (Lipinski definition) is 2. The summed E-state index contributed by atoms with van der Waals surface area (Å²) in [6, 6.07) is 6.32. The lowest BCUT2D eigenvalue weighted by atomic mass is 10.1. The van der Waals surface area contributed by atoms with E-state index in [0.29, 0.717) is 0 Å². The van der Waals surface area contributed by atoms with Gasteiger partial charge < -0.3 is 10.0 Å². The van der Waals surface area contributed by atoms with E-state index in [4.69, 9.17) is 5.11 Å². The molecule has 16 heavy (non-hydrogen) atoms. The SMILES string of the molecule is CN(C)C(=O)/C=C/c1ccc(C(=O)O)cc1. The first-order chi connectivity index (χ1) is 7.50. The van der Waals surface area contributed by atoms with Crippen LogP contribution in [0.5, 0.6) is 0 Å². The van der Waals surface area contributed by atoms with Crippen LogP contribution in [0.3, 0.4) is 0 Å². The minimum absolute atomic E-state index is 0.109. The number of nitrogens with zero attached hydrogens (tertiary/aromatic N) is 1. The lowest BCUT2D eigenvalue weighted by molar-refractivity contribution is -0.123. The van der Waals surface area contributed by atoms with Crippen LogP contribution in [0.4, 0.5) is 0 Å². The molecule has 0 aliphatic heterocycles. The van der Waals surface area contributed by atoms with E-state index in [-0.39, 0.29) is 11.5 Å². The monoisotopic (exact) mass is 219 g/mol. The molecule has 0 aromatic heterocycles. The molecule has 0 saturated carbocycles. The van der Waals surface area contributed by atoms with Crippen LogP contribution in [0.1, 0.15) is 15.9 Å². The van der Waals surface area contributed by atoms with Crippen molar-refractivity contribution in [2.45, 2.75) is 0 Å². The summed E-state index contributed by atoms with van der Waals surface area (Å²) in [5, 5.41) is 8.69. The van der Waals surface area contributed by atoms with Gasteiger partial charge in [-0.1, -0.05) is 12.1 Å². The van der Waals surface area contributed by atoms with Gasteiger partial charge in [0.25, 0.3) is 0 Å². The predicted molar refractivity (Wildman–Crippen MR) is 61.1 cm³/mol. The topological polar surface area (TPSA) is 57.6 Å². The number of carbonyl (C=O) groups is 2. The van der Waals surface area contributed by atoms with Crippen LogP contribution < -0.4 is 0 Å². The van der Waals surface area contributed by atoms with Crippen molar-refractivity contribution in [1.29, 1.82) is 0 Å². The quantitative estimate of drug-likeness (QED) is 0.783. The maximum absolute atomic E-state index is 11.2. The molecule has 0 heterocycles. The number of amides is 1. The van der Waals surface area contributed by atoms with Crippen molar-refractivity contribution < 1.29 is 14.7 Å². The van der Waals surface area contributed by atoms with E-state index in [2.05, 4.69) is 0 Å². The van der Waals surface area contributed by atoms with Crippen molar-refractivity contribution in [3.63, 3.8) is 0 Å². The number of rotatable bonds is 3. The first-order valence-corrected chi connectivity index (χ1v) is 4.73. The smallest absolute Gasteiger partial charge is 0.335 e. The van der Waals surface area contributed by atoms with E-state index in [1.807, 2.05) is 0 Å². The Bertz CT molecular complexity index is 418. The fourth-order valence-electron chi connectivity index (χ4n) is 1.05. The number of carbonyl (C=O) groups excluding carboxylic acids is 1. The van der Waals surface area contributed by atoms with Crippen LogP contribution in [-0.4, -0.2) is 36.0 Å². The van der Waals surface area contributed by atoms with Crippen LogP contribution in [0.2, 0.25) is 0 Å². The van der Waals surface area contributed by atoms with Crippen molar-refractivity contribution in [2.75, 3.05) is 14.1 Å². The average molecular weight is 219 g/mol. The first-order valence-electron chi connectivity index (χ1n) is 4.73. The first kappa shape index (κ1) is 12.0. The number of benzene rings is 1. The highest BCUT2D eigenvalue weighted by molar-refractivity contribution is 5.92. The van der Waals surface area contributed by atoms with Crippen LogP contribution >= 0.6 is 0 Å². The zero-order chi connectivity index (χ0) is 12.1. The lowest BCUT2D eigenvalue weighted by Crippen LogP contribution is -2.18. The second-order valence-corrected chi connectivity index (χ2v) is 3.49. The molecule has 4 nitrogen and oxygen atoms in total. The molecule has 1 aromatic rings. The van der Waals surface area contributed by atoms with Crippen LogP contribution in [0, 0.1) is 0 Å². The number of hydrogen-bond donors (Lipinski definition) is 1. The highest BCUT2D eigenvalue weighted by Gasteiger charge is 2.01. The maximum atomic E-state index is 11.2. The third kappa shape index (κ3) is 3.24. The zero-order valence-corrected chi connectivity index (χ0v) is 9.18. The van der Waals surface area contributed by atoms with E-state index in [1.165, 1.54) is 23.1 Å². The Balaban J connectivity index is 2.76. The molecule has 0 fully saturated rings. The molecule has 0 unspecified atom stereocenters. The van der Waals surface area contributed by atoms with Gasteiger partial charge in [0, 0.05) is 20.2 Å². The summed E-state index contributed by atoms with van der Waals surface area (Å²) in [7, 11) is 3.33. The highest BCUT2D eigenvalue weighted by Crippen LogP contribution is 2.06. The Kier molecular flexibility index (Phi) is 3.83. The molecule has 0 aliphatic carbocycles. The molecule has 4 heteroatoms. The van der Waals surface area contributed by atoms with E-state index >= 15 is 0 Å². The van der Waals surface area contributed by atoms with Gasteiger partial charge in [0.2, 0.25) is 5.91 Å². The molecule has 0 bridgehead atoms. The summed E-state index contributed by atoms with van der Waals surface area (Å²) in [4.78, 5) is 23.3. The molecule has 84 valence electrons. The summed E-state index contributed by atoms with van der Waals surface area (Å²) >= 11 is 0. The summed E-state index contributed by atoms with van der Waals surface area (Å²) in [6.45, 7) is 0. The summed E-state index contributed by atoms with van der Waals surface area (Å²) in [5.74, 6) is -1.07. The van der Waals surface area contributed by atoms with Gasteiger partial charge in [-0.25, -0.2) is 4.79 Å². The Morgan fingerprint density at radius 1 is 1.19 bits per heavy atom. The number of carboxylic acids is 1. The number of aromatic carboxylic acids is 1. The second kappa shape index (κ2) is 5.11. The molecule has 0 saturated heterocycles. The van der Waals surface area contributed by atoms with Gasteiger partial charge >= 0.3 is 5.97 Å². The van der Waals surface area contributed by atoms with E-state index < -0.39 is 5.97 Å². The van der Waals surface area contributed by atoms with Gasteiger partial charge in [0.15, 0.2) is 0 Å². The lowest BCUT2D eigenvalue weighted by Gasteiger charge is -2.05. The van der Waals surface area contributed by atoms with Crippen LogP contribution in [-0.2, 0) is 4.79 Å². The predicted octanol–water partition coefficient (Wildman–Crippen LogP) is 1.49. The molecular weight excluding hydrogens is 206 g/mol. The molecule has 0 spiro atoms. The van der Waals surface area contributed by atoms with Gasteiger partial charge in [0.1, 0.15) is 0 Å². The van der Waals surface area contributed by atoms with Crippen LogP contribution in [0.25, 0.3) is 6.08 Å². The van der Waals surface area contributed by atoms with Gasteiger partial charge in [-0.3, -0.25) is 4.79 Å². The van der Waals surface area contributed by atoms with E-state index in [9.17, 15) is 9.59 Å². The Labute approximate surface area is 93.8 Å². The highest BCUT2D eigenvalue weighted by atomic mass is 16.4. The Morgan fingerprint density at radius 2 is 1.75 bits per heavy atom. The van der Waals surface area contributed by atoms with Crippen LogP contribution in [0.15, 0.2) is 30.3 Å². The Hall–Kier alpha value is -2.10. The van der Waals surface area contributed by atoms with Gasteiger partial charge in [-0.2, -0.15) is 0 Å². The third-order valence-corrected chi connectivity index (χ3v) is 2.02. The molecule has 0 atom stereocenters. The van der Waals surface area contributed by atoms with Crippen molar-refractivity contribution in [2.24, 2.45) is 0 Å². The molecule has 1 aromatic carbocycles. The molecule has 1 amide bonds. The van der Waals surface area contributed by atoms with Gasteiger partial charge in [0.05, 0.1) is 5.56 Å². The van der Waals surface area contributed by atoms with Crippen molar-refractivity contribution in [3.8, 4) is 0 Å². The summed E-state index contributed by atoms with van der Waals surface area (Å²) in [6.07, 6.45) is 3.09. The standard InChI is InChI=1S/C12H13NO3/c1-13(2)11(14)8-5-9-3-6-10(7-4-9)12(15)16/h3-8H,1-2H3,(H,15,16)/b8-5+. The molecule has 0 aliphatic rings. The molecule has 0 radical (unpaired) electrons. The van der Waals surface area contributed by atoms with Crippen molar-refractivity contribution in [3.05, 3.63) is 41.5 Å². The van der Waals surface area contributed by atoms with Crippen molar-refractivity contribution in [1.82, 2.24) is 4.90 Å². The largest absolute Gasteiger partial charge is 0.478 e. The summed E-state index contributed by atoms with van der Waals surface area (Å²) in [5.41, 5.74) is 1.02. The minimum Gasteiger partial charge on any atom is -0.478 e. The minimum atomic E-state index is -0.958. The van der Waals surface area contributed by atoms with Gasteiger partial charge in [-0.05, 0) is 23.8 Å². The Morgan fingerprint density at radius 3 is 2.19 bits per heavy atom. The van der Waals surface area contributed by atoms with E-state index in [0.717, 1.165) is 5.56 Å². The average Bonchev–Trinajstić information content (AvgIpc) is 2.26. The normalized spacial score (nSPS) is 10.4. The zero-order valence-electron chi connectivity index (χ0n) is 9.18. The summed E-state index contributed by atoms with van der Waals surface area (Å²) < 4.78 is 0. The van der Waals surface area contributed by atoms with Crippen molar-refractivity contribution >= 4 is 18.0 Å².